The van der Waals surface area contributed by atoms with Gasteiger partial charge in [-0.25, -0.2) is 0 Å². The number of hydrogen-bond acceptors (Lipinski definition) is 6. The van der Waals surface area contributed by atoms with Crippen molar-refractivity contribution in [3.8, 4) is 17.2 Å². The lowest BCUT2D eigenvalue weighted by Gasteiger charge is -2.17. The minimum atomic E-state index is -0.800. The van der Waals surface area contributed by atoms with Crippen molar-refractivity contribution in [3.63, 3.8) is 0 Å². The minimum Gasteiger partial charge on any atom is -0.493 e. The van der Waals surface area contributed by atoms with Crippen LogP contribution in [0.15, 0.2) is 30.3 Å². The maximum absolute atomic E-state index is 12.7. The summed E-state index contributed by atoms with van der Waals surface area (Å²) in [4.78, 5) is 14.8. The summed E-state index contributed by atoms with van der Waals surface area (Å²) in [5.74, 6) is 0.743. The van der Waals surface area contributed by atoms with Gasteiger partial charge in [-0.3, -0.25) is 4.79 Å². The van der Waals surface area contributed by atoms with E-state index in [2.05, 4.69) is 17.3 Å². The van der Waals surface area contributed by atoms with Crippen molar-refractivity contribution < 1.29 is 24.1 Å². The van der Waals surface area contributed by atoms with Crippen molar-refractivity contribution in [2.75, 3.05) is 46.4 Å². The van der Waals surface area contributed by atoms with Crippen molar-refractivity contribution in [3.05, 3.63) is 47.0 Å². The van der Waals surface area contributed by atoms with Crippen molar-refractivity contribution in [2.24, 2.45) is 0 Å². The SMILES string of the molecule is COc1ccc(C(=O)NC[C@@H](O)c2ccc3c(c2)CCN3C)c(OC)c1OC. The van der Waals surface area contributed by atoms with E-state index in [1.54, 1.807) is 12.1 Å². The van der Waals surface area contributed by atoms with Gasteiger partial charge in [-0.2, -0.15) is 0 Å². The number of aliphatic hydroxyl groups excluding tert-OH is 1. The van der Waals surface area contributed by atoms with Gasteiger partial charge >= 0.3 is 0 Å². The largest absolute Gasteiger partial charge is 0.493 e. The molecule has 3 rings (SSSR count). The molecule has 1 aliphatic rings. The number of amides is 1. The summed E-state index contributed by atoms with van der Waals surface area (Å²) in [5, 5.41) is 13.3. The highest BCUT2D eigenvalue weighted by Crippen LogP contribution is 2.39. The van der Waals surface area contributed by atoms with Crippen LogP contribution < -0.4 is 24.4 Å². The van der Waals surface area contributed by atoms with E-state index < -0.39 is 6.10 Å². The zero-order valence-corrected chi connectivity index (χ0v) is 16.6. The summed E-state index contributed by atoms with van der Waals surface area (Å²) in [6.07, 6.45) is 0.160. The van der Waals surface area contributed by atoms with Crippen LogP contribution in [0.2, 0.25) is 0 Å². The van der Waals surface area contributed by atoms with Crippen molar-refractivity contribution in [1.29, 1.82) is 0 Å². The number of carbonyl (C=O) groups excluding carboxylic acids is 1. The molecule has 0 spiro atoms. The third-order valence-corrected chi connectivity index (χ3v) is 5.02. The molecule has 0 saturated carbocycles. The van der Waals surface area contributed by atoms with Crippen molar-refractivity contribution in [1.82, 2.24) is 5.32 Å². The Bertz CT molecular complexity index is 868. The Morgan fingerprint density at radius 1 is 1.14 bits per heavy atom. The molecule has 2 aromatic carbocycles. The number of aliphatic hydroxyl groups is 1. The molecule has 1 heterocycles. The average molecular weight is 386 g/mol. The fourth-order valence-corrected chi connectivity index (χ4v) is 3.48. The molecular weight excluding hydrogens is 360 g/mol. The van der Waals surface area contributed by atoms with Crippen LogP contribution in [-0.4, -0.2) is 52.5 Å². The van der Waals surface area contributed by atoms with E-state index in [0.717, 1.165) is 18.5 Å². The third kappa shape index (κ3) is 3.71. The normalized spacial score (nSPS) is 13.7. The zero-order chi connectivity index (χ0) is 20.3. The molecule has 1 aliphatic heterocycles. The molecule has 1 amide bonds. The van der Waals surface area contributed by atoms with Gasteiger partial charge in [0.05, 0.1) is 33.0 Å². The Hall–Kier alpha value is -2.93. The van der Waals surface area contributed by atoms with Crippen LogP contribution in [0, 0.1) is 0 Å². The number of methoxy groups -OCH3 is 3. The summed E-state index contributed by atoms with van der Waals surface area (Å²) >= 11 is 0. The standard InChI is InChI=1S/C21H26N2O5/c1-23-10-9-13-11-14(5-7-16(13)23)17(24)12-22-21(25)15-6-8-18(26-2)20(28-4)19(15)27-3/h5-8,11,17,24H,9-10,12H2,1-4H3,(H,22,25)/t17-/m1/s1. The molecule has 150 valence electrons. The maximum atomic E-state index is 12.7. The third-order valence-electron chi connectivity index (χ3n) is 5.02. The number of anilines is 1. The fourth-order valence-electron chi connectivity index (χ4n) is 3.48. The lowest BCUT2D eigenvalue weighted by molar-refractivity contribution is 0.0912. The number of nitrogens with zero attached hydrogens (tertiary/aromatic N) is 1. The smallest absolute Gasteiger partial charge is 0.255 e. The van der Waals surface area contributed by atoms with Gasteiger partial charge < -0.3 is 29.5 Å². The first-order valence-corrected chi connectivity index (χ1v) is 9.09. The highest BCUT2D eigenvalue weighted by atomic mass is 16.5. The second-order valence-electron chi connectivity index (χ2n) is 6.67. The number of rotatable bonds is 7. The molecule has 2 aromatic rings. The highest BCUT2D eigenvalue weighted by Gasteiger charge is 2.22. The van der Waals surface area contributed by atoms with Crippen LogP contribution in [0.25, 0.3) is 0 Å². The van der Waals surface area contributed by atoms with Gasteiger partial charge in [0, 0.05) is 25.8 Å². The van der Waals surface area contributed by atoms with E-state index in [1.807, 2.05) is 18.2 Å². The number of benzene rings is 2. The molecule has 7 heteroatoms. The predicted octanol–water partition coefficient (Wildman–Crippen LogP) is 2.17. The number of fused-ring (bicyclic) bond motifs is 1. The number of ether oxygens (including phenoxy) is 3. The Balaban J connectivity index is 1.72. The number of hydrogen-bond donors (Lipinski definition) is 2. The molecule has 0 aromatic heterocycles. The zero-order valence-electron chi connectivity index (χ0n) is 16.6. The van der Waals surface area contributed by atoms with Crippen molar-refractivity contribution in [2.45, 2.75) is 12.5 Å². The van der Waals surface area contributed by atoms with E-state index in [1.165, 1.54) is 32.6 Å². The molecule has 0 radical (unpaired) electrons. The monoisotopic (exact) mass is 386 g/mol. The average Bonchev–Trinajstić information content (AvgIpc) is 3.10. The molecular formula is C21H26N2O5. The molecule has 28 heavy (non-hydrogen) atoms. The quantitative estimate of drug-likeness (QED) is 0.759. The van der Waals surface area contributed by atoms with Crippen LogP contribution in [0.5, 0.6) is 17.2 Å². The lowest BCUT2D eigenvalue weighted by atomic mass is 10.0. The van der Waals surface area contributed by atoms with Gasteiger partial charge in [0.25, 0.3) is 5.91 Å². The first kappa shape index (κ1) is 19.8. The van der Waals surface area contributed by atoms with Crippen LogP contribution >= 0.6 is 0 Å². The second kappa shape index (κ2) is 8.39. The van der Waals surface area contributed by atoms with Crippen LogP contribution in [0.1, 0.15) is 27.6 Å². The molecule has 1 atom stereocenters. The van der Waals surface area contributed by atoms with E-state index >= 15 is 0 Å². The van der Waals surface area contributed by atoms with Crippen LogP contribution in [0.4, 0.5) is 5.69 Å². The van der Waals surface area contributed by atoms with E-state index in [4.69, 9.17) is 14.2 Å². The van der Waals surface area contributed by atoms with Gasteiger partial charge in [-0.15, -0.1) is 0 Å². The first-order chi connectivity index (χ1) is 13.5. The highest BCUT2D eigenvalue weighted by molar-refractivity contribution is 5.98. The van der Waals surface area contributed by atoms with E-state index in [9.17, 15) is 9.90 Å². The van der Waals surface area contributed by atoms with E-state index in [0.29, 0.717) is 17.1 Å². The van der Waals surface area contributed by atoms with E-state index in [-0.39, 0.29) is 18.2 Å². The van der Waals surface area contributed by atoms with Gasteiger partial charge in [0.15, 0.2) is 11.5 Å². The van der Waals surface area contributed by atoms with Gasteiger partial charge in [0.2, 0.25) is 5.75 Å². The molecule has 0 saturated heterocycles. The summed E-state index contributed by atoms with van der Waals surface area (Å²) in [6, 6.07) is 9.16. The number of likely N-dealkylation sites (N-methyl/N-ethyl adjacent to an activating group) is 1. The summed E-state index contributed by atoms with van der Waals surface area (Å²) in [5.41, 5.74) is 3.50. The Kier molecular flexibility index (Phi) is 5.94. The molecule has 2 N–H and O–H groups in total. The first-order valence-electron chi connectivity index (χ1n) is 9.09. The summed E-state index contributed by atoms with van der Waals surface area (Å²) in [7, 11) is 6.52. The molecule has 7 nitrogen and oxygen atoms in total. The number of carbonyl (C=O) groups is 1. The van der Waals surface area contributed by atoms with Crippen LogP contribution in [0.3, 0.4) is 0 Å². The van der Waals surface area contributed by atoms with Crippen molar-refractivity contribution >= 4 is 11.6 Å². The predicted molar refractivity (Wildman–Crippen MR) is 107 cm³/mol. The lowest BCUT2D eigenvalue weighted by Crippen LogP contribution is -2.28. The Labute approximate surface area is 164 Å². The Morgan fingerprint density at radius 2 is 1.89 bits per heavy atom. The topological polar surface area (TPSA) is 80.3 Å². The van der Waals surface area contributed by atoms with Gasteiger partial charge in [-0.1, -0.05) is 12.1 Å². The van der Waals surface area contributed by atoms with Crippen LogP contribution in [-0.2, 0) is 6.42 Å². The van der Waals surface area contributed by atoms with Gasteiger partial charge in [0.1, 0.15) is 0 Å². The molecule has 0 fully saturated rings. The summed E-state index contributed by atoms with van der Waals surface area (Å²) < 4.78 is 15.9. The second-order valence-corrected chi connectivity index (χ2v) is 6.67. The minimum absolute atomic E-state index is 0.0883. The molecule has 0 unspecified atom stereocenters. The molecule has 0 aliphatic carbocycles. The Morgan fingerprint density at radius 3 is 2.57 bits per heavy atom. The molecule has 0 bridgehead atoms. The fraction of sp³-hybridized carbons (Fsp3) is 0.381. The van der Waals surface area contributed by atoms with Gasteiger partial charge in [-0.05, 0) is 35.7 Å². The summed E-state index contributed by atoms with van der Waals surface area (Å²) in [6.45, 7) is 1.07. The number of nitrogens with one attached hydrogen (secondary N) is 1. The maximum Gasteiger partial charge on any atom is 0.255 e.